The molecule has 1 aromatic heterocycles. The minimum absolute atomic E-state index is 0.0667. The van der Waals surface area contributed by atoms with Crippen LogP contribution < -0.4 is 14.4 Å². The molecule has 71 heavy (non-hydrogen) atoms. The zero-order chi connectivity index (χ0) is 46.6. The molecule has 15 rings (SSSR count). The molecule has 5 heteroatoms. The molecule has 9 unspecified atom stereocenters. The Kier molecular flexibility index (Phi) is 9.92. The number of rotatable bonds is 7. The quantitative estimate of drug-likeness (QED) is 0.149. The normalized spacial score (nSPS) is 28.5. The fraction of sp³-hybridized carbons (Fsp3) is 0.242. The lowest BCUT2D eigenvalue weighted by Crippen LogP contribution is -2.35. The van der Waals surface area contributed by atoms with Gasteiger partial charge in [0.15, 0.2) is 0 Å². The maximum absolute atomic E-state index is 7.26. The van der Waals surface area contributed by atoms with E-state index in [1.54, 1.807) is 0 Å². The molecule has 0 saturated carbocycles. The SMILES string of the molecule is C1=CC2SC3C(C4=CCC(N(C5=CC=C(C6=CC=CC7c8ccc9c(c8OC67)c6ccccc6n9-c6ccccc6)CC5)c5ccc(C6=C7Oc8ccccc8C7CCC6)cc5)C=C4)C=CCC3C2C=C1. The Bertz CT molecular complexity index is 3500. The third kappa shape index (κ3) is 6.72. The van der Waals surface area contributed by atoms with Crippen molar-refractivity contribution in [1.29, 1.82) is 0 Å². The van der Waals surface area contributed by atoms with Gasteiger partial charge in [-0.05, 0) is 133 Å². The van der Waals surface area contributed by atoms with E-state index in [4.69, 9.17) is 9.47 Å². The topological polar surface area (TPSA) is 26.6 Å². The average molecular weight is 941 g/mol. The summed E-state index contributed by atoms with van der Waals surface area (Å²) in [4.78, 5) is 2.65. The zero-order valence-corrected chi connectivity index (χ0v) is 40.6. The number of fused-ring (bicyclic) bond motifs is 13. The van der Waals surface area contributed by atoms with Crippen molar-refractivity contribution in [3.05, 3.63) is 245 Å². The molecule has 9 atom stereocenters. The molecule has 0 spiro atoms. The fourth-order valence-corrected chi connectivity index (χ4v) is 15.9. The van der Waals surface area contributed by atoms with Gasteiger partial charge in [0.25, 0.3) is 0 Å². The second kappa shape index (κ2) is 16.8. The number of ether oxygens (including phenoxy) is 2. The molecule has 0 radical (unpaired) electrons. The average Bonchev–Trinajstić information content (AvgIpc) is 4.21. The van der Waals surface area contributed by atoms with E-state index in [0.717, 1.165) is 49.3 Å². The van der Waals surface area contributed by atoms with E-state index < -0.39 is 0 Å². The molecule has 3 aliphatic heterocycles. The highest BCUT2D eigenvalue weighted by molar-refractivity contribution is 8.01. The van der Waals surface area contributed by atoms with Crippen molar-refractivity contribution in [1.82, 2.24) is 4.57 Å². The summed E-state index contributed by atoms with van der Waals surface area (Å²) in [6.07, 6.45) is 41.2. The van der Waals surface area contributed by atoms with E-state index in [-0.39, 0.29) is 18.1 Å². The van der Waals surface area contributed by atoms with Crippen LogP contribution in [0.5, 0.6) is 11.5 Å². The predicted octanol–water partition coefficient (Wildman–Crippen LogP) is 16.0. The lowest BCUT2D eigenvalue weighted by Gasteiger charge is -2.38. The van der Waals surface area contributed by atoms with Gasteiger partial charge in [0, 0.05) is 61.8 Å². The number of nitrogens with zero attached hydrogens (tertiary/aromatic N) is 2. The van der Waals surface area contributed by atoms with Gasteiger partial charge >= 0.3 is 0 Å². The van der Waals surface area contributed by atoms with Crippen LogP contribution in [0.1, 0.15) is 73.5 Å². The first kappa shape index (κ1) is 41.8. The Balaban J connectivity index is 0.752. The summed E-state index contributed by atoms with van der Waals surface area (Å²) in [5, 5.41) is 3.66. The number of hydrogen-bond donors (Lipinski definition) is 0. The molecular weight excluding hydrogens is 885 g/mol. The molecule has 6 aromatic rings. The molecule has 0 N–H and O–H groups in total. The summed E-state index contributed by atoms with van der Waals surface area (Å²) in [5.74, 6) is 5.56. The Morgan fingerprint density at radius 1 is 0.676 bits per heavy atom. The van der Waals surface area contributed by atoms with E-state index >= 15 is 0 Å². The number of aromatic nitrogens is 1. The van der Waals surface area contributed by atoms with Crippen molar-refractivity contribution in [3.8, 4) is 17.2 Å². The van der Waals surface area contributed by atoms with Gasteiger partial charge in [0.2, 0.25) is 0 Å². The van der Waals surface area contributed by atoms with E-state index in [1.807, 2.05) is 0 Å². The molecule has 6 aliphatic carbocycles. The summed E-state index contributed by atoms with van der Waals surface area (Å²) in [5.41, 5.74) is 15.6. The van der Waals surface area contributed by atoms with Crippen molar-refractivity contribution in [2.45, 2.75) is 79.4 Å². The van der Waals surface area contributed by atoms with Crippen LogP contribution in [0.3, 0.4) is 0 Å². The maximum atomic E-state index is 7.26. The number of para-hydroxylation sites is 3. The van der Waals surface area contributed by atoms with Gasteiger partial charge in [-0.3, -0.25) is 0 Å². The summed E-state index contributed by atoms with van der Waals surface area (Å²) in [6, 6.07) is 42.5. The number of thioether (sulfide) groups is 1. The summed E-state index contributed by atoms with van der Waals surface area (Å²) in [6.45, 7) is 0. The first-order valence-electron chi connectivity index (χ1n) is 26.2. The highest BCUT2D eigenvalue weighted by Gasteiger charge is 2.47. The Morgan fingerprint density at radius 2 is 1.55 bits per heavy atom. The monoisotopic (exact) mass is 940 g/mol. The van der Waals surface area contributed by atoms with Crippen molar-refractivity contribution < 1.29 is 9.47 Å². The van der Waals surface area contributed by atoms with Crippen molar-refractivity contribution in [2.75, 3.05) is 4.90 Å². The van der Waals surface area contributed by atoms with Crippen LogP contribution in [0.4, 0.5) is 5.69 Å². The van der Waals surface area contributed by atoms with Crippen molar-refractivity contribution in [2.24, 2.45) is 17.8 Å². The molecular formula is C66H56N2O2S. The Morgan fingerprint density at radius 3 is 2.44 bits per heavy atom. The number of benzene rings is 5. The van der Waals surface area contributed by atoms with Gasteiger partial charge in [0.1, 0.15) is 23.4 Å². The summed E-state index contributed by atoms with van der Waals surface area (Å²) >= 11 is 2.22. The Hall–Kier alpha value is -6.95. The first-order chi connectivity index (χ1) is 35.2. The van der Waals surface area contributed by atoms with Gasteiger partial charge in [-0.1, -0.05) is 152 Å². The van der Waals surface area contributed by atoms with Gasteiger partial charge in [0.05, 0.1) is 22.5 Å². The first-order valence-corrected chi connectivity index (χ1v) is 27.2. The van der Waals surface area contributed by atoms with E-state index in [2.05, 4.69) is 222 Å². The molecule has 4 nitrogen and oxygen atoms in total. The molecule has 9 aliphatic rings. The molecule has 348 valence electrons. The molecule has 5 aromatic carbocycles. The lowest BCUT2D eigenvalue weighted by atomic mass is 9.73. The number of hydrogen-bond acceptors (Lipinski definition) is 4. The fourth-order valence-electron chi connectivity index (χ4n) is 14.0. The minimum atomic E-state index is -0.0667. The van der Waals surface area contributed by atoms with Crippen LogP contribution in [-0.4, -0.2) is 27.2 Å². The van der Waals surface area contributed by atoms with Crippen LogP contribution >= 0.6 is 11.8 Å². The van der Waals surface area contributed by atoms with Crippen molar-refractivity contribution in [3.63, 3.8) is 0 Å². The number of anilines is 1. The lowest BCUT2D eigenvalue weighted by molar-refractivity contribution is 0.259. The molecule has 4 heterocycles. The van der Waals surface area contributed by atoms with Crippen LogP contribution in [0.15, 0.2) is 229 Å². The van der Waals surface area contributed by atoms with E-state index in [0.29, 0.717) is 34.2 Å². The minimum Gasteiger partial charge on any atom is -0.484 e. The number of allylic oxidation sites excluding steroid dienone is 14. The molecule has 0 amide bonds. The van der Waals surface area contributed by atoms with E-state index in [1.165, 1.54) is 90.8 Å². The maximum Gasteiger partial charge on any atom is 0.134 e. The third-order valence-electron chi connectivity index (χ3n) is 17.3. The second-order valence-electron chi connectivity index (χ2n) is 21.0. The molecule has 1 saturated heterocycles. The van der Waals surface area contributed by atoms with Crippen LogP contribution in [0.25, 0.3) is 33.1 Å². The summed E-state index contributed by atoms with van der Waals surface area (Å²) < 4.78 is 16.3. The molecule has 0 bridgehead atoms. The second-order valence-corrected chi connectivity index (χ2v) is 22.3. The van der Waals surface area contributed by atoms with Crippen molar-refractivity contribution >= 4 is 44.8 Å². The Labute approximate surface area is 421 Å². The van der Waals surface area contributed by atoms with Gasteiger partial charge in [-0.15, -0.1) is 11.8 Å². The summed E-state index contributed by atoms with van der Waals surface area (Å²) in [7, 11) is 0. The highest BCUT2D eigenvalue weighted by atomic mass is 32.2. The van der Waals surface area contributed by atoms with Crippen LogP contribution in [0.2, 0.25) is 0 Å². The van der Waals surface area contributed by atoms with Crippen LogP contribution in [0, 0.1) is 17.8 Å². The third-order valence-corrected chi connectivity index (χ3v) is 19.0. The van der Waals surface area contributed by atoms with Gasteiger partial charge in [-0.2, -0.15) is 0 Å². The largest absolute Gasteiger partial charge is 0.484 e. The standard InChI is InChI=1S/C66H56N2O2S/c1-2-13-44(14-3-1)68-58-24-7-4-17-57(58)62-59(68)40-39-55-54-22-11-19-49(64(54)70-65(55)62)42-29-35-46(36-30-42)67(45-33-27-41(28-34-45)48-18-10-21-53-51-15-5-8-25-60(51)69-63(48)53)47-37-31-43(32-38-47)50-20-12-23-56-52-16-6-9-26-61(52)71-66(50)56/h1-9,11-17,19-20,22,24-29,31-35,37,39-40,47,50,52-54,56,61,64,66H,10,18,21,23,30,36,38H2. The van der Waals surface area contributed by atoms with E-state index in [9.17, 15) is 0 Å². The predicted molar refractivity (Wildman–Crippen MR) is 293 cm³/mol. The smallest absolute Gasteiger partial charge is 0.134 e. The molecule has 1 fully saturated rings. The highest BCUT2D eigenvalue weighted by Crippen LogP contribution is 2.55. The van der Waals surface area contributed by atoms with Gasteiger partial charge < -0.3 is 18.9 Å². The van der Waals surface area contributed by atoms with Gasteiger partial charge in [-0.25, -0.2) is 0 Å². The zero-order valence-electron chi connectivity index (χ0n) is 39.8. The van der Waals surface area contributed by atoms with Crippen LogP contribution in [-0.2, 0) is 0 Å².